The molecule has 66 valence electrons. The van der Waals surface area contributed by atoms with Crippen molar-refractivity contribution in [2.45, 2.75) is 6.92 Å². The summed E-state index contributed by atoms with van der Waals surface area (Å²) in [5.41, 5.74) is 0.361. The van der Waals surface area contributed by atoms with Gasteiger partial charge in [0, 0.05) is 6.92 Å². The molecule has 2 rings (SSSR count). The lowest BCUT2D eigenvalue weighted by atomic mass is 10.2. The monoisotopic (exact) mass is 178 g/mol. The molecule has 0 amide bonds. The minimum Gasteiger partial charge on any atom is -0.339 e. The Balaban J connectivity index is 2.52. The minimum absolute atomic E-state index is 0.288. The van der Waals surface area contributed by atoms with Crippen LogP contribution in [-0.4, -0.2) is 10.1 Å². The van der Waals surface area contributed by atoms with Crippen LogP contribution < -0.4 is 0 Å². The van der Waals surface area contributed by atoms with Crippen LogP contribution in [0.3, 0.4) is 0 Å². The van der Waals surface area contributed by atoms with Crippen molar-refractivity contribution in [1.82, 2.24) is 10.1 Å². The van der Waals surface area contributed by atoms with Gasteiger partial charge in [-0.1, -0.05) is 17.3 Å². The quantitative estimate of drug-likeness (QED) is 0.671. The number of hydrogen-bond acceptors (Lipinski definition) is 3. The number of rotatable bonds is 1. The number of halogens is 1. The molecule has 0 atom stereocenters. The van der Waals surface area contributed by atoms with Gasteiger partial charge in [-0.25, -0.2) is 4.39 Å². The van der Waals surface area contributed by atoms with Crippen molar-refractivity contribution in [2.24, 2.45) is 0 Å². The molecule has 3 nitrogen and oxygen atoms in total. The van der Waals surface area contributed by atoms with Crippen molar-refractivity contribution in [2.75, 3.05) is 0 Å². The first-order chi connectivity index (χ1) is 6.27. The van der Waals surface area contributed by atoms with E-state index in [1.165, 1.54) is 6.07 Å². The zero-order valence-electron chi connectivity index (χ0n) is 6.99. The Morgan fingerprint density at radius 1 is 1.31 bits per heavy atom. The van der Waals surface area contributed by atoms with Gasteiger partial charge in [-0.2, -0.15) is 4.98 Å². The molecule has 0 bridgehead atoms. The van der Waals surface area contributed by atoms with Gasteiger partial charge in [0.25, 0.3) is 0 Å². The maximum atomic E-state index is 13.2. The molecule has 0 fully saturated rings. The SMILES string of the molecule is Cc1nc(-c2ccccc2F)no1. The van der Waals surface area contributed by atoms with Crippen LogP contribution in [0.5, 0.6) is 0 Å². The van der Waals surface area contributed by atoms with E-state index >= 15 is 0 Å². The highest BCUT2D eigenvalue weighted by Gasteiger charge is 2.09. The lowest BCUT2D eigenvalue weighted by molar-refractivity contribution is 0.394. The zero-order chi connectivity index (χ0) is 9.26. The van der Waals surface area contributed by atoms with Crippen LogP contribution in [-0.2, 0) is 0 Å². The Kier molecular flexibility index (Phi) is 1.81. The molecule has 13 heavy (non-hydrogen) atoms. The minimum atomic E-state index is -0.344. The van der Waals surface area contributed by atoms with Crippen LogP contribution >= 0.6 is 0 Å². The molecule has 0 aliphatic rings. The lowest BCUT2D eigenvalue weighted by Crippen LogP contribution is -1.85. The molecule has 1 aromatic carbocycles. The number of aromatic nitrogens is 2. The summed E-state index contributed by atoms with van der Waals surface area (Å²) in [4.78, 5) is 3.92. The molecule has 0 aliphatic heterocycles. The third kappa shape index (κ3) is 1.42. The van der Waals surface area contributed by atoms with Crippen molar-refractivity contribution in [3.63, 3.8) is 0 Å². The molecule has 0 saturated carbocycles. The smallest absolute Gasteiger partial charge is 0.223 e. The number of benzene rings is 1. The van der Waals surface area contributed by atoms with Crippen LogP contribution in [0.1, 0.15) is 5.89 Å². The summed E-state index contributed by atoms with van der Waals surface area (Å²) in [6.45, 7) is 1.66. The summed E-state index contributed by atoms with van der Waals surface area (Å²) in [5, 5.41) is 3.62. The fourth-order valence-corrected chi connectivity index (χ4v) is 1.05. The third-order valence-corrected chi connectivity index (χ3v) is 1.64. The van der Waals surface area contributed by atoms with Crippen molar-refractivity contribution in [1.29, 1.82) is 0 Å². The molecular weight excluding hydrogens is 171 g/mol. The van der Waals surface area contributed by atoms with E-state index in [0.717, 1.165) is 0 Å². The summed E-state index contributed by atoms with van der Waals surface area (Å²) in [6, 6.07) is 6.32. The Morgan fingerprint density at radius 3 is 2.69 bits per heavy atom. The predicted octanol–water partition coefficient (Wildman–Crippen LogP) is 2.18. The van der Waals surface area contributed by atoms with E-state index in [0.29, 0.717) is 11.5 Å². The highest BCUT2D eigenvalue weighted by atomic mass is 19.1. The second kappa shape index (κ2) is 2.97. The predicted molar refractivity (Wildman–Crippen MR) is 44.4 cm³/mol. The van der Waals surface area contributed by atoms with Crippen LogP contribution in [0.2, 0.25) is 0 Å². The van der Waals surface area contributed by atoms with Gasteiger partial charge in [0.2, 0.25) is 11.7 Å². The van der Waals surface area contributed by atoms with Crippen molar-refractivity contribution < 1.29 is 8.91 Å². The van der Waals surface area contributed by atoms with Gasteiger partial charge in [-0.15, -0.1) is 0 Å². The molecule has 2 aromatic rings. The van der Waals surface area contributed by atoms with Gasteiger partial charge in [-0.05, 0) is 12.1 Å². The molecule has 4 heteroatoms. The highest BCUT2D eigenvalue weighted by Crippen LogP contribution is 2.18. The van der Waals surface area contributed by atoms with E-state index in [-0.39, 0.29) is 11.6 Å². The Morgan fingerprint density at radius 2 is 2.08 bits per heavy atom. The lowest BCUT2D eigenvalue weighted by Gasteiger charge is -1.94. The highest BCUT2D eigenvalue weighted by molar-refractivity contribution is 5.54. The van der Waals surface area contributed by atoms with E-state index in [1.807, 2.05) is 0 Å². The molecule has 0 aliphatic carbocycles. The summed E-state index contributed by atoms with van der Waals surface area (Å²) >= 11 is 0. The first-order valence-corrected chi connectivity index (χ1v) is 3.82. The van der Waals surface area contributed by atoms with Crippen LogP contribution in [0, 0.1) is 12.7 Å². The first kappa shape index (κ1) is 7.91. The average Bonchev–Trinajstić information content (AvgIpc) is 2.53. The van der Waals surface area contributed by atoms with Crippen LogP contribution in [0.4, 0.5) is 4.39 Å². The van der Waals surface area contributed by atoms with Gasteiger partial charge in [0.05, 0.1) is 5.56 Å². The second-order valence-corrected chi connectivity index (χ2v) is 2.62. The van der Waals surface area contributed by atoms with Crippen molar-refractivity contribution >= 4 is 0 Å². The van der Waals surface area contributed by atoms with Gasteiger partial charge < -0.3 is 4.52 Å². The molecule has 0 radical (unpaired) electrons. The van der Waals surface area contributed by atoms with Crippen molar-refractivity contribution in [3.8, 4) is 11.4 Å². The van der Waals surface area contributed by atoms with E-state index in [1.54, 1.807) is 25.1 Å². The third-order valence-electron chi connectivity index (χ3n) is 1.64. The van der Waals surface area contributed by atoms with Crippen LogP contribution in [0.25, 0.3) is 11.4 Å². The first-order valence-electron chi connectivity index (χ1n) is 3.82. The fourth-order valence-electron chi connectivity index (χ4n) is 1.05. The van der Waals surface area contributed by atoms with E-state index in [4.69, 9.17) is 4.52 Å². The van der Waals surface area contributed by atoms with Gasteiger partial charge in [0.15, 0.2) is 0 Å². The van der Waals surface area contributed by atoms with E-state index < -0.39 is 0 Å². The molecule has 0 spiro atoms. The maximum absolute atomic E-state index is 13.2. The standard InChI is InChI=1S/C9H7FN2O/c1-6-11-9(12-13-6)7-4-2-3-5-8(7)10/h2-5H,1H3. The normalized spacial score (nSPS) is 10.3. The Labute approximate surface area is 74.2 Å². The largest absolute Gasteiger partial charge is 0.339 e. The topological polar surface area (TPSA) is 38.9 Å². The number of hydrogen-bond donors (Lipinski definition) is 0. The molecular formula is C9H7FN2O. The average molecular weight is 178 g/mol. The summed E-state index contributed by atoms with van der Waals surface area (Å²) in [6.07, 6.45) is 0. The second-order valence-electron chi connectivity index (χ2n) is 2.62. The fraction of sp³-hybridized carbons (Fsp3) is 0.111. The Hall–Kier alpha value is -1.71. The van der Waals surface area contributed by atoms with Crippen molar-refractivity contribution in [3.05, 3.63) is 36.0 Å². The zero-order valence-corrected chi connectivity index (χ0v) is 6.99. The van der Waals surface area contributed by atoms with Crippen LogP contribution in [0.15, 0.2) is 28.8 Å². The van der Waals surface area contributed by atoms with E-state index in [9.17, 15) is 4.39 Å². The van der Waals surface area contributed by atoms with E-state index in [2.05, 4.69) is 10.1 Å². The summed E-state index contributed by atoms with van der Waals surface area (Å²) < 4.78 is 17.9. The van der Waals surface area contributed by atoms with Gasteiger partial charge in [-0.3, -0.25) is 0 Å². The molecule has 0 unspecified atom stereocenters. The summed E-state index contributed by atoms with van der Waals surface area (Å²) in [5.74, 6) is 0.372. The molecule has 0 N–H and O–H groups in total. The molecule has 0 saturated heterocycles. The van der Waals surface area contributed by atoms with Gasteiger partial charge >= 0.3 is 0 Å². The Bertz CT molecular complexity index is 425. The number of aryl methyl sites for hydroxylation is 1. The van der Waals surface area contributed by atoms with Gasteiger partial charge in [0.1, 0.15) is 5.82 Å². The molecule has 1 heterocycles. The number of nitrogens with zero attached hydrogens (tertiary/aromatic N) is 2. The maximum Gasteiger partial charge on any atom is 0.223 e. The summed E-state index contributed by atoms with van der Waals surface area (Å²) in [7, 11) is 0. The molecule has 1 aromatic heterocycles.